The van der Waals surface area contributed by atoms with Crippen molar-refractivity contribution in [2.75, 3.05) is 11.5 Å². The number of benzene rings is 1. The van der Waals surface area contributed by atoms with Crippen LogP contribution in [-0.2, 0) is 16.4 Å². The summed E-state index contributed by atoms with van der Waals surface area (Å²) in [5.41, 5.74) is 1.90. The van der Waals surface area contributed by atoms with E-state index in [4.69, 9.17) is 0 Å². The van der Waals surface area contributed by atoms with Gasteiger partial charge < -0.3 is 10.4 Å². The molecule has 2 rings (SSSR count). The van der Waals surface area contributed by atoms with Crippen LogP contribution < -0.4 is 5.32 Å². The van der Waals surface area contributed by atoms with E-state index in [9.17, 15) is 13.5 Å². The quantitative estimate of drug-likeness (QED) is 0.869. The highest BCUT2D eigenvalue weighted by Gasteiger charge is 2.24. The molecule has 0 saturated carbocycles. The van der Waals surface area contributed by atoms with E-state index in [1.807, 2.05) is 19.1 Å². The molecule has 0 aliphatic carbocycles. The molecule has 1 saturated heterocycles. The third-order valence-electron chi connectivity index (χ3n) is 3.28. The molecule has 1 unspecified atom stereocenters. The number of sulfone groups is 1. The standard InChI is InChI=1S/C13H19NO3S/c1-10-4-5-13(15)11(7-10)8-14-12-3-2-6-18(16,17)9-12/h4-5,7,12,14-15H,2-3,6,8-9H2,1H3. The van der Waals surface area contributed by atoms with Crippen LogP contribution in [0.1, 0.15) is 24.0 Å². The van der Waals surface area contributed by atoms with E-state index in [0.717, 1.165) is 24.0 Å². The minimum atomic E-state index is -2.88. The van der Waals surface area contributed by atoms with Crippen molar-refractivity contribution < 1.29 is 13.5 Å². The van der Waals surface area contributed by atoms with Gasteiger partial charge in [0, 0.05) is 18.2 Å². The largest absolute Gasteiger partial charge is 0.508 e. The molecule has 1 aliphatic heterocycles. The Morgan fingerprint density at radius 3 is 2.94 bits per heavy atom. The van der Waals surface area contributed by atoms with Crippen molar-refractivity contribution >= 4 is 9.84 Å². The zero-order chi connectivity index (χ0) is 13.2. The smallest absolute Gasteiger partial charge is 0.151 e. The Balaban J connectivity index is 1.97. The lowest BCUT2D eigenvalue weighted by Gasteiger charge is -2.23. The number of rotatable bonds is 3. The molecule has 5 heteroatoms. The van der Waals surface area contributed by atoms with Crippen LogP contribution in [0.2, 0.25) is 0 Å². The van der Waals surface area contributed by atoms with Gasteiger partial charge in [0.05, 0.1) is 11.5 Å². The Morgan fingerprint density at radius 2 is 2.22 bits per heavy atom. The second-order valence-corrected chi connectivity index (χ2v) is 7.20. The van der Waals surface area contributed by atoms with Crippen LogP contribution >= 0.6 is 0 Å². The lowest BCUT2D eigenvalue weighted by Crippen LogP contribution is -2.39. The molecule has 1 aromatic carbocycles. The summed E-state index contributed by atoms with van der Waals surface area (Å²) in [7, 11) is -2.88. The third-order valence-corrected chi connectivity index (χ3v) is 5.10. The van der Waals surface area contributed by atoms with E-state index >= 15 is 0 Å². The normalized spacial score (nSPS) is 22.8. The Bertz CT molecular complexity index is 525. The number of hydrogen-bond acceptors (Lipinski definition) is 4. The molecule has 1 atom stereocenters. The molecule has 0 radical (unpaired) electrons. The van der Waals surface area contributed by atoms with Crippen molar-refractivity contribution in [3.63, 3.8) is 0 Å². The van der Waals surface area contributed by atoms with Crippen LogP contribution in [0.4, 0.5) is 0 Å². The van der Waals surface area contributed by atoms with Crippen molar-refractivity contribution in [3.05, 3.63) is 29.3 Å². The minimum absolute atomic E-state index is 0.00339. The van der Waals surface area contributed by atoms with E-state index in [1.54, 1.807) is 6.07 Å². The number of aromatic hydroxyl groups is 1. The van der Waals surface area contributed by atoms with E-state index in [2.05, 4.69) is 5.32 Å². The highest BCUT2D eigenvalue weighted by molar-refractivity contribution is 7.91. The van der Waals surface area contributed by atoms with Gasteiger partial charge in [0.1, 0.15) is 5.75 Å². The first-order chi connectivity index (χ1) is 8.46. The maximum absolute atomic E-state index is 11.5. The van der Waals surface area contributed by atoms with Gasteiger partial charge in [-0.25, -0.2) is 8.42 Å². The molecule has 0 aromatic heterocycles. The molecule has 2 N–H and O–H groups in total. The second-order valence-electron chi connectivity index (χ2n) is 4.97. The summed E-state index contributed by atoms with van der Waals surface area (Å²) in [6, 6.07) is 5.44. The average molecular weight is 269 g/mol. The van der Waals surface area contributed by atoms with Gasteiger partial charge in [0.15, 0.2) is 9.84 Å². The number of phenols is 1. The first-order valence-corrected chi connectivity index (χ1v) is 8.01. The molecule has 1 aromatic rings. The fourth-order valence-corrected chi connectivity index (χ4v) is 3.96. The monoisotopic (exact) mass is 269 g/mol. The van der Waals surface area contributed by atoms with Crippen LogP contribution in [0.15, 0.2) is 18.2 Å². The van der Waals surface area contributed by atoms with Gasteiger partial charge in [0.25, 0.3) is 0 Å². The molecule has 0 spiro atoms. The number of nitrogens with one attached hydrogen (secondary N) is 1. The average Bonchev–Trinajstić information content (AvgIpc) is 2.29. The SMILES string of the molecule is Cc1ccc(O)c(CNC2CCCS(=O)(=O)C2)c1. The lowest BCUT2D eigenvalue weighted by atomic mass is 10.1. The van der Waals surface area contributed by atoms with E-state index < -0.39 is 9.84 Å². The van der Waals surface area contributed by atoms with Gasteiger partial charge in [-0.05, 0) is 25.8 Å². The molecule has 0 bridgehead atoms. The van der Waals surface area contributed by atoms with Gasteiger partial charge in [-0.2, -0.15) is 0 Å². The van der Waals surface area contributed by atoms with E-state index in [0.29, 0.717) is 12.3 Å². The topological polar surface area (TPSA) is 66.4 Å². The third kappa shape index (κ3) is 3.46. The highest BCUT2D eigenvalue weighted by Crippen LogP contribution is 2.19. The van der Waals surface area contributed by atoms with Crippen LogP contribution in [0, 0.1) is 6.92 Å². The van der Waals surface area contributed by atoms with Crippen molar-refractivity contribution in [1.29, 1.82) is 0 Å². The maximum atomic E-state index is 11.5. The van der Waals surface area contributed by atoms with Crippen molar-refractivity contribution in [1.82, 2.24) is 5.32 Å². The predicted molar refractivity (Wildman–Crippen MR) is 71.4 cm³/mol. The molecule has 1 fully saturated rings. The summed E-state index contributed by atoms with van der Waals surface area (Å²) in [6.07, 6.45) is 1.60. The second kappa shape index (κ2) is 5.28. The first-order valence-electron chi connectivity index (χ1n) is 6.18. The molecule has 100 valence electrons. The van der Waals surface area contributed by atoms with Gasteiger partial charge in [-0.15, -0.1) is 0 Å². The van der Waals surface area contributed by atoms with Crippen LogP contribution in [0.5, 0.6) is 5.75 Å². The maximum Gasteiger partial charge on any atom is 0.151 e. The summed E-state index contributed by atoms with van der Waals surface area (Å²) < 4.78 is 23.0. The molecular formula is C13H19NO3S. The number of hydrogen-bond donors (Lipinski definition) is 2. The fourth-order valence-electron chi connectivity index (χ4n) is 2.29. The summed E-state index contributed by atoms with van der Waals surface area (Å²) in [6.45, 7) is 2.47. The Hall–Kier alpha value is -1.07. The molecular weight excluding hydrogens is 250 g/mol. The Morgan fingerprint density at radius 1 is 1.44 bits per heavy atom. The van der Waals surface area contributed by atoms with E-state index in [1.165, 1.54) is 0 Å². The predicted octanol–water partition coefficient (Wildman–Crippen LogP) is 1.37. The van der Waals surface area contributed by atoms with Crippen LogP contribution in [-0.4, -0.2) is 31.1 Å². The minimum Gasteiger partial charge on any atom is -0.508 e. The lowest BCUT2D eigenvalue weighted by molar-refractivity contribution is 0.449. The first kappa shape index (κ1) is 13.4. The molecule has 1 heterocycles. The zero-order valence-electron chi connectivity index (χ0n) is 10.5. The van der Waals surface area contributed by atoms with Crippen molar-refractivity contribution in [3.8, 4) is 5.75 Å². The highest BCUT2D eigenvalue weighted by atomic mass is 32.2. The molecule has 18 heavy (non-hydrogen) atoms. The summed E-state index contributed by atoms with van der Waals surface area (Å²) in [5.74, 6) is 0.771. The zero-order valence-corrected chi connectivity index (χ0v) is 11.3. The van der Waals surface area contributed by atoms with Crippen LogP contribution in [0.25, 0.3) is 0 Å². The Labute approximate surface area is 108 Å². The molecule has 1 aliphatic rings. The van der Waals surface area contributed by atoms with Crippen LogP contribution in [0.3, 0.4) is 0 Å². The summed E-state index contributed by atoms with van der Waals surface area (Å²) in [4.78, 5) is 0. The number of phenolic OH excluding ortho intramolecular Hbond substituents is 1. The Kier molecular flexibility index (Phi) is 3.92. The van der Waals surface area contributed by atoms with E-state index in [-0.39, 0.29) is 17.5 Å². The number of aryl methyl sites for hydroxylation is 1. The van der Waals surface area contributed by atoms with Gasteiger partial charge in [-0.1, -0.05) is 17.7 Å². The fraction of sp³-hybridized carbons (Fsp3) is 0.538. The van der Waals surface area contributed by atoms with Crippen molar-refractivity contribution in [2.45, 2.75) is 32.4 Å². The summed E-state index contributed by atoms with van der Waals surface area (Å²) in [5, 5.41) is 12.9. The molecule has 4 nitrogen and oxygen atoms in total. The summed E-state index contributed by atoms with van der Waals surface area (Å²) >= 11 is 0. The van der Waals surface area contributed by atoms with Gasteiger partial charge >= 0.3 is 0 Å². The van der Waals surface area contributed by atoms with Gasteiger partial charge in [-0.3, -0.25) is 0 Å². The van der Waals surface area contributed by atoms with Gasteiger partial charge in [0.2, 0.25) is 0 Å². The van der Waals surface area contributed by atoms with Crippen molar-refractivity contribution in [2.24, 2.45) is 0 Å². The molecule has 0 amide bonds.